The van der Waals surface area contributed by atoms with Crippen LogP contribution >= 0.6 is 0 Å². The van der Waals surface area contributed by atoms with Crippen LogP contribution in [0.25, 0.3) is 21.5 Å². The second kappa shape index (κ2) is 29.3. The molecule has 0 fully saturated rings. The highest BCUT2D eigenvalue weighted by atomic mass is 16.5. The molecule has 0 heterocycles. The lowest BCUT2D eigenvalue weighted by Crippen LogP contribution is -2.02. The number of aryl methyl sites for hydroxylation is 1. The summed E-state index contributed by atoms with van der Waals surface area (Å²) in [5, 5.41) is 4.75. The Bertz CT molecular complexity index is 1260. The van der Waals surface area contributed by atoms with Crippen LogP contribution in [0.15, 0.2) is 42.5 Å². The second-order valence-electron chi connectivity index (χ2n) is 15.8. The third kappa shape index (κ3) is 18.4. The summed E-state index contributed by atoms with van der Waals surface area (Å²) in [7, 11) is 0. The number of fused-ring (bicyclic) bond motifs is 2. The fraction of sp³-hybridized carbons (Fsp3) is 0.714. The molecule has 0 aliphatic heterocycles. The topological polar surface area (TPSA) is 18.5 Å². The molecule has 2 nitrogen and oxygen atoms in total. The van der Waals surface area contributed by atoms with Crippen molar-refractivity contribution in [3.63, 3.8) is 0 Å². The van der Waals surface area contributed by atoms with Gasteiger partial charge in [-0.15, -0.1) is 0 Å². The van der Waals surface area contributed by atoms with Crippen molar-refractivity contribution < 1.29 is 9.47 Å². The van der Waals surface area contributed by atoms with Crippen molar-refractivity contribution in [3.05, 3.63) is 48.0 Å². The van der Waals surface area contributed by atoms with Crippen molar-refractivity contribution in [2.24, 2.45) is 0 Å². The molecule has 0 N–H and O–H groups in total. The normalized spacial score (nSPS) is 11.6. The molecule has 0 radical (unpaired) electrons. The highest BCUT2D eigenvalue weighted by Gasteiger charge is 2.16. The number of hydrogen-bond acceptors (Lipinski definition) is 2. The summed E-state index contributed by atoms with van der Waals surface area (Å²) in [5.74, 6) is 2.07. The van der Waals surface area contributed by atoms with Crippen molar-refractivity contribution in [3.8, 4) is 11.5 Å². The summed E-state index contributed by atoms with van der Waals surface area (Å²) in [5.41, 5.74) is 1.27. The van der Waals surface area contributed by atoms with Crippen LogP contribution < -0.4 is 9.47 Å². The number of ether oxygens (including phenoxy) is 2. The third-order valence-electron chi connectivity index (χ3n) is 11.1. The first-order valence-corrected chi connectivity index (χ1v) is 22.5. The summed E-state index contributed by atoms with van der Waals surface area (Å²) in [6.45, 7) is 8.35. The van der Waals surface area contributed by atoms with Crippen molar-refractivity contribution in [2.45, 2.75) is 213 Å². The Hall–Kier alpha value is -2.22. The Balaban J connectivity index is 1.33. The first-order valence-electron chi connectivity index (χ1n) is 22.5. The highest BCUT2D eigenvalue weighted by molar-refractivity contribution is 6.11. The minimum absolute atomic E-state index is 0.782. The smallest absolute Gasteiger partial charge is 0.135 e. The molecular formula is C49H80O2. The van der Waals surface area contributed by atoms with Crippen LogP contribution in [0.5, 0.6) is 11.5 Å². The van der Waals surface area contributed by atoms with E-state index in [0.29, 0.717) is 0 Å². The Morgan fingerprint density at radius 3 is 0.980 bits per heavy atom. The van der Waals surface area contributed by atoms with Crippen molar-refractivity contribution >= 4 is 21.5 Å². The molecule has 0 saturated heterocycles. The average Bonchev–Trinajstić information content (AvgIpc) is 3.14. The summed E-state index contributed by atoms with van der Waals surface area (Å²) in [6.07, 6.45) is 41.5. The number of hydrogen-bond donors (Lipinski definition) is 0. The van der Waals surface area contributed by atoms with E-state index in [4.69, 9.17) is 9.47 Å². The van der Waals surface area contributed by atoms with Crippen LogP contribution in [0.2, 0.25) is 0 Å². The lowest BCUT2D eigenvalue weighted by atomic mass is 9.99. The van der Waals surface area contributed by atoms with E-state index < -0.39 is 0 Å². The predicted molar refractivity (Wildman–Crippen MR) is 227 cm³/mol. The largest absolute Gasteiger partial charge is 0.492 e. The monoisotopic (exact) mass is 701 g/mol. The van der Waals surface area contributed by atoms with Crippen LogP contribution in [0.4, 0.5) is 0 Å². The van der Waals surface area contributed by atoms with Gasteiger partial charge in [0.1, 0.15) is 11.5 Å². The van der Waals surface area contributed by atoms with Gasteiger partial charge in [-0.3, -0.25) is 0 Å². The molecule has 0 saturated carbocycles. The Morgan fingerprint density at radius 1 is 0.333 bits per heavy atom. The summed E-state index contributed by atoms with van der Waals surface area (Å²) >= 11 is 0. The highest BCUT2D eigenvalue weighted by Crippen LogP contribution is 2.43. The number of rotatable bonds is 34. The molecule has 3 aromatic carbocycles. The van der Waals surface area contributed by atoms with E-state index in [1.54, 1.807) is 0 Å². The van der Waals surface area contributed by atoms with Gasteiger partial charge in [0.15, 0.2) is 0 Å². The van der Waals surface area contributed by atoms with Gasteiger partial charge in [-0.05, 0) is 25.8 Å². The van der Waals surface area contributed by atoms with E-state index in [1.807, 2.05) is 0 Å². The van der Waals surface area contributed by atoms with Gasteiger partial charge < -0.3 is 9.47 Å². The molecule has 3 rings (SSSR count). The standard InChI is InChI=1S/C49H80O2/c1-4-6-8-10-12-14-16-18-20-22-24-26-28-30-34-40-50-48-44-36-32-33-37-45(44)49(47-42-43(3)38-39-46(47)48)51-41-35-31-29-27-25-23-21-19-17-15-13-11-9-7-5-2/h32-33,36-39,42H,4-31,34-35,40-41H2,1-3H3. The quantitative estimate of drug-likeness (QED) is 0.0456. The molecule has 0 aliphatic carbocycles. The zero-order valence-electron chi connectivity index (χ0n) is 34.0. The molecule has 3 aromatic rings. The fourth-order valence-electron chi connectivity index (χ4n) is 7.82. The van der Waals surface area contributed by atoms with E-state index in [9.17, 15) is 0 Å². The molecule has 0 bridgehead atoms. The fourth-order valence-corrected chi connectivity index (χ4v) is 7.82. The summed E-state index contributed by atoms with van der Waals surface area (Å²) < 4.78 is 13.3. The Labute approximate surface area is 316 Å². The van der Waals surface area contributed by atoms with Gasteiger partial charge in [0.2, 0.25) is 0 Å². The maximum Gasteiger partial charge on any atom is 0.135 e. The first-order chi connectivity index (χ1) is 25.3. The molecule has 0 aromatic heterocycles. The number of unbranched alkanes of at least 4 members (excludes halogenated alkanes) is 28. The van der Waals surface area contributed by atoms with Crippen LogP contribution in [0.3, 0.4) is 0 Å². The van der Waals surface area contributed by atoms with Crippen LogP contribution in [-0.2, 0) is 0 Å². The second-order valence-corrected chi connectivity index (χ2v) is 15.8. The van der Waals surface area contributed by atoms with Gasteiger partial charge >= 0.3 is 0 Å². The van der Waals surface area contributed by atoms with Gasteiger partial charge in [-0.1, -0.05) is 236 Å². The Kier molecular flexibility index (Phi) is 24.8. The van der Waals surface area contributed by atoms with E-state index in [-0.39, 0.29) is 0 Å². The van der Waals surface area contributed by atoms with Crippen molar-refractivity contribution in [2.75, 3.05) is 13.2 Å². The van der Waals surface area contributed by atoms with E-state index in [0.717, 1.165) is 37.6 Å². The third-order valence-corrected chi connectivity index (χ3v) is 11.1. The van der Waals surface area contributed by atoms with Gasteiger partial charge in [-0.25, -0.2) is 0 Å². The first kappa shape index (κ1) is 43.2. The number of benzene rings is 3. The van der Waals surface area contributed by atoms with E-state index in [1.165, 1.54) is 207 Å². The lowest BCUT2D eigenvalue weighted by molar-refractivity contribution is 0.306. The average molecular weight is 701 g/mol. The van der Waals surface area contributed by atoms with Crippen LogP contribution in [0.1, 0.15) is 212 Å². The molecule has 0 aliphatic rings. The predicted octanol–water partition coefficient (Wildman–Crippen LogP) is 16.8. The molecule has 51 heavy (non-hydrogen) atoms. The van der Waals surface area contributed by atoms with E-state index in [2.05, 4.69) is 63.2 Å². The minimum atomic E-state index is 0.782. The van der Waals surface area contributed by atoms with Crippen molar-refractivity contribution in [1.82, 2.24) is 0 Å². The molecule has 288 valence electrons. The maximum atomic E-state index is 6.64. The molecule has 0 atom stereocenters. The van der Waals surface area contributed by atoms with E-state index >= 15 is 0 Å². The minimum Gasteiger partial charge on any atom is -0.492 e. The van der Waals surface area contributed by atoms with Gasteiger partial charge in [0.05, 0.1) is 13.2 Å². The van der Waals surface area contributed by atoms with Crippen molar-refractivity contribution in [1.29, 1.82) is 0 Å². The van der Waals surface area contributed by atoms with Crippen LogP contribution in [0, 0.1) is 6.92 Å². The lowest BCUT2D eigenvalue weighted by Gasteiger charge is -2.18. The van der Waals surface area contributed by atoms with Gasteiger partial charge in [-0.2, -0.15) is 0 Å². The molecular weight excluding hydrogens is 621 g/mol. The molecule has 0 unspecified atom stereocenters. The molecule has 0 spiro atoms. The molecule has 0 amide bonds. The summed E-state index contributed by atoms with van der Waals surface area (Å²) in [4.78, 5) is 0. The van der Waals surface area contributed by atoms with Gasteiger partial charge in [0.25, 0.3) is 0 Å². The zero-order chi connectivity index (χ0) is 36.0. The Morgan fingerprint density at radius 2 is 0.627 bits per heavy atom. The summed E-state index contributed by atoms with van der Waals surface area (Å²) in [6, 6.07) is 15.5. The van der Waals surface area contributed by atoms with Crippen LogP contribution in [-0.4, -0.2) is 13.2 Å². The zero-order valence-corrected chi connectivity index (χ0v) is 34.0. The van der Waals surface area contributed by atoms with Gasteiger partial charge in [0, 0.05) is 21.5 Å². The maximum absolute atomic E-state index is 6.64. The molecule has 2 heteroatoms. The SMILES string of the molecule is CCCCCCCCCCCCCCCCCOc1c2ccccc2c(OCCCCCCCCCCCCCCCCC)c2cc(C)ccc12.